The van der Waals surface area contributed by atoms with Crippen LogP contribution >= 0.6 is 0 Å². The van der Waals surface area contributed by atoms with Crippen LogP contribution in [0.5, 0.6) is 11.6 Å². The summed E-state index contributed by atoms with van der Waals surface area (Å²) in [4.78, 5) is 14.3. The second-order valence-electron chi connectivity index (χ2n) is 4.20. The van der Waals surface area contributed by atoms with Crippen molar-refractivity contribution in [1.29, 1.82) is 0 Å². The van der Waals surface area contributed by atoms with E-state index in [2.05, 4.69) is 4.98 Å². The predicted octanol–water partition coefficient (Wildman–Crippen LogP) is 3.94. The summed E-state index contributed by atoms with van der Waals surface area (Å²) in [5.74, 6) is 0.512. The molecule has 0 N–H and O–H groups in total. The second-order valence-corrected chi connectivity index (χ2v) is 4.20. The molecule has 0 aliphatic rings. The van der Waals surface area contributed by atoms with Gasteiger partial charge in [0.05, 0.1) is 4.92 Å². The van der Waals surface area contributed by atoms with Gasteiger partial charge in [-0.05, 0) is 29.0 Å². The molecule has 3 rings (SSSR count). The van der Waals surface area contributed by atoms with Crippen molar-refractivity contribution in [3.63, 3.8) is 0 Å². The van der Waals surface area contributed by atoms with E-state index >= 15 is 0 Å². The largest absolute Gasteiger partial charge is 0.434 e. The fourth-order valence-corrected chi connectivity index (χ4v) is 1.94. The minimum atomic E-state index is -0.511. The number of hydrogen-bond donors (Lipinski definition) is 0. The molecule has 5 nitrogen and oxygen atoms in total. The summed E-state index contributed by atoms with van der Waals surface area (Å²) in [5, 5.41) is 13.0. The first-order valence-corrected chi connectivity index (χ1v) is 6.00. The molecule has 0 aliphatic carbocycles. The standard InChI is InChI=1S/C15H10N2O3/c18-17(19)14-6-3-9-16-15(14)20-13-8-7-11-4-1-2-5-12(11)10-13/h1-10H. The number of aromatic nitrogens is 1. The lowest BCUT2D eigenvalue weighted by molar-refractivity contribution is -0.386. The van der Waals surface area contributed by atoms with Gasteiger partial charge >= 0.3 is 5.69 Å². The smallest absolute Gasteiger partial charge is 0.331 e. The molecule has 0 radical (unpaired) electrons. The number of nitrogens with zero attached hydrogens (tertiary/aromatic N) is 2. The van der Waals surface area contributed by atoms with Gasteiger partial charge in [0, 0.05) is 12.3 Å². The van der Waals surface area contributed by atoms with E-state index in [1.165, 1.54) is 18.3 Å². The van der Waals surface area contributed by atoms with Crippen LogP contribution in [0.15, 0.2) is 60.8 Å². The van der Waals surface area contributed by atoms with E-state index < -0.39 is 4.92 Å². The lowest BCUT2D eigenvalue weighted by atomic mass is 10.1. The maximum absolute atomic E-state index is 10.9. The van der Waals surface area contributed by atoms with Gasteiger partial charge in [0.15, 0.2) is 0 Å². The molecule has 2 aromatic carbocycles. The van der Waals surface area contributed by atoms with Crippen molar-refractivity contribution >= 4 is 16.5 Å². The van der Waals surface area contributed by atoms with Crippen LogP contribution in [0.25, 0.3) is 10.8 Å². The van der Waals surface area contributed by atoms with Crippen molar-refractivity contribution in [2.45, 2.75) is 0 Å². The normalized spacial score (nSPS) is 10.4. The van der Waals surface area contributed by atoms with Crippen molar-refractivity contribution in [2.75, 3.05) is 0 Å². The van der Waals surface area contributed by atoms with E-state index in [1.54, 1.807) is 6.07 Å². The highest BCUT2D eigenvalue weighted by atomic mass is 16.6. The lowest BCUT2D eigenvalue weighted by Crippen LogP contribution is -1.95. The van der Waals surface area contributed by atoms with Gasteiger partial charge in [-0.25, -0.2) is 4.98 Å². The summed E-state index contributed by atoms with van der Waals surface area (Å²) in [6.07, 6.45) is 1.46. The van der Waals surface area contributed by atoms with Gasteiger partial charge in [-0.3, -0.25) is 10.1 Å². The molecular weight excluding hydrogens is 256 g/mol. The Labute approximate surface area is 114 Å². The van der Waals surface area contributed by atoms with Crippen LogP contribution < -0.4 is 4.74 Å². The number of hydrogen-bond acceptors (Lipinski definition) is 4. The molecule has 3 aromatic rings. The summed E-state index contributed by atoms with van der Waals surface area (Å²) in [6, 6.07) is 16.2. The highest BCUT2D eigenvalue weighted by Gasteiger charge is 2.16. The quantitative estimate of drug-likeness (QED) is 0.532. The monoisotopic (exact) mass is 266 g/mol. The molecule has 0 saturated carbocycles. The first-order valence-electron chi connectivity index (χ1n) is 6.00. The Kier molecular flexibility index (Phi) is 3.01. The molecule has 0 bridgehead atoms. The molecule has 0 fully saturated rings. The van der Waals surface area contributed by atoms with Crippen LogP contribution in [0, 0.1) is 10.1 Å². The average molecular weight is 266 g/mol. The number of pyridine rings is 1. The van der Waals surface area contributed by atoms with E-state index in [0.29, 0.717) is 5.75 Å². The zero-order valence-corrected chi connectivity index (χ0v) is 10.4. The zero-order chi connectivity index (χ0) is 13.9. The molecule has 1 aromatic heterocycles. The van der Waals surface area contributed by atoms with Crippen molar-refractivity contribution in [2.24, 2.45) is 0 Å². The number of nitro groups is 1. The summed E-state index contributed by atoms with van der Waals surface area (Å²) >= 11 is 0. The van der Waals surface area contributed by atoms with Gasteiger partial charge in [-0.15, -0.1) is 0 Å². The lowest BCUT2D eigenvalue weighted by Gasteiger charge is -2.06. The molecule has 0 atom stereocenters. The molecule has 0 spiro atoms. The Bertz CT molecular complexity index is 787. The summed E-state index contributed by atoms with van der Waals surface area (Å²) in [6.45, 7) is 0. The second kappa shape index (κ2) is 4.97. The number of fused-ring (bicyclic) bond motifs is 1. The van der Waals surface area contributed by atoms with Gasteiger partial charge in [0.1, 0.15) is 5.75 Å². The van der Waals surface area contributed by atoms with Gasteiger partial charge in [-0.2, -0.15) is 0 Å². The minimum absolute atomic E-state index is 0.00668. The van der Waals surface area contributed by atoms with Crippen molar-refractivity contribution in [3.05, 3.63) is 70.9 Å². The first-order chi connectivity index (χ1) is 9.74. The molecular formula is C15H10N2O3. The molecule has 0 aliphatic heterocycles. The third-order valence-corrected chi connectivity index (χ3v) is 2.88. The van der Waals surface area contributed by atoms with Crippen molar-refractivity contribution in [3.8, 4) is 11.6 Å². The third kappa shape index (κ3) is 2.29. The number of benzene rings is 2. The molecule has 1 heterocycles. The fourth-order valence-electron chi connectivity index (χ4n) is 1.94. The first kappa shape index (κ1) is 12.1. The van der Waals surface area contributed by atoms with Crippen LogP contribution in [-0.4, -0.2) is 9.91 Å². The molecule has 0 saturated heterocycles. The number of rotatable bonds is 3. The van der Waals surface area contributed by atoms with Crippen LogP contribution in [0.2, 0.25) is 0 Å². The van der Waals surface area contributed by atoms with Crippen molar-refractivity contribution < 1.29 is 9.66 Å². The maximum Gasteiger partial charge on any atom is 0.331 e. The summed E-state index contributed by atoms with van der Waals surface area (Å²) < 4.78 is 5.53. The van der Waals surface area contributed by atoms with Crippen LogP contribution in [0.4, 0.5) is 5.69 Å². The fraction of sp³-hybridized carbons (Fsp3) is 0. The molecule has 0 unspecified atom stereocenters. The molecule has 20 heavy (non-hydrogen) atoms. The van der Waals surface area contributed by atoms with Gasteiger partial charge in [0.25, 0.3) is 5.88 Å². The Balaban J connectivity index is 1.99. The van der Waals surface area contributed by atoms with Gasteiger partial charge in [-0.1, -0.05) is 30.3 Å². The number of ether oxygens (including phenoxy) is 1. The Morgan fingerprint density at radius 2 is 1.80 bits per heavy atom. The summed E-state index contributed by atoms with van der Waals surface area (Å²) in [7, 11) is 0. The SMILES string of the molecule is O=[N+]([O-])c1cccnc1Oc1ccc2ccccc2c1. The third-order valence-electron chi connectivity index (χ3n) is 2.88. The van der Waals surface area contributed by atoms with E-state index in [4.69, 9.17) is 4.74 Å². The Morgan fingerprint density at radius 3 is 2.60 bits per heavy atom. The molecule has 5 heteroatoms. The summed E-state index contributed by atoms with van der Waals surface area (Å²) in [5.41, 5.74) is -0.152. The highest BCUT2D eigenvalue weighted by Crippen LogP contribution is 2.30. The van der Waals surface area contributed by atoms with E-state index in [1.807, 2.05) is 36.4 Å². The Hall–Kier alpha value is -2.95. The van der Waals surface area contributed by atoms with Crippen LogP contribution in [0.3, 0.4) is 0 Å². The molecule has 0 amide bonds. The van der Waals surface area contributed by atoms with E-state index in [9.17, 15) is 10.1 Å². The van der Waals surface area contributed by atoms with E-state index in [-0.39, 0.29) is 11.6 Å². The van der Waals surface area contributed by atoms with E-state index in [0.717, 1.165) is 10.8 Å². The van der Waals surface area contributed by atoms with Crippen molar-refractivity contribution in [1.82, 2.24) is 4.98 Å². The van der Waals surface area contributed by atoms with Crippen LogP contribution in [0.1, 0.15) is 0 Å². The van der Waals surface area contributed by atoms with Gasteiger partial charge < -0.3 is 4.74 Å². The Morgan fingerprint density at radius 1 is 1.00 bits per heavy atom. The van der Waals surface area contributed by atoms with Crippen LogP contribution in [-0.2, 0) is 0 Å². The van der Waals surface area contributed by atoms with Gasteiger partial charge in [0.2, 0.25) is 0 Å². The average Bonchev–Trinajstić information content (AvgIpc) is 2.47. The predicted molar refractivity (Wildman–Crippen MR) is 74.9 cm³/mol. The zero-order valence-electron chi connectivity index (χ0n) is 10.4. The highest BCUT2D eigenvalue weighted by molar-refractivity contribution is 5.83. The maximum atomic E-state index is 10.9. The minimum Gasteiger partial charge on any atom is -0.434 e. The molecule has 98 valence electrons. The topological polar surface area (TPSA) is 65.3 Å².